The van der Waals surface area contributed by atoms with Gasteiger partial charge in [-0.1, -0.05) is 72.8 Å². The van der Waals surface area contributed by atoms with Gasteiger partial charge in [0.25, 0.3) is 0 Å². The summed E-state index contributed by atoms with van der Waals surface area (Å²) in [5, 5.41) is 2.65. The van der Waals surface area contributed by atoms with Crippen molar-refractivity contribution in [2.75, 3.05) is 13.2 Å². The Hall–Kier alpha value is -0.460. The van der Waals surface area contributed by atoms with Gasteiger partial charge in [-0.05, 0) is 53.5 Å². The molecule has 2 aliphatic heterocycles. The number of piperidine rings is 1. The van der Waals surface area contributed by atoms with Gasteiger partial charge in [0, 0.05) is 73.0 Å². The van der Waals surface area contributed by atoms with Gasteiger partial charge in [-0.2, -0.15) is 0 Å². The van der Waals surface area contributed by atoms with Crippen LogP contribution < -0.4 is 0 Å². The van der Waals surface area contributed by atoms with Crippen LogP contribution in [0.4, 0.5) is 0 Å². The molecule has 7 heteroatoms. The molecule has 1 fully saturated rings. The summed E-state index contributed by atoms with van der Waals surface area (Å²) in [5.41, 5.74) is 4.24. The lowest BCUT2D eigenvalue weighted by atomic mass is 9.83. The number of ether oxygens (including phenoxy) is 1. The average Bonchev–Trinajstić information content (AvgIpc) is 2.88. The largest absolute Gasteiger partial charge is 0.498 e. The van der Waals surface area contributed by atoms with E-state index in [9.17, 15) is 0 Å². The fourth-order valence-electron chi connectivity index (χ4n) is 5.26. The molecule has 2 aliphatic rings. The van der Waals surface area contributed by atoms with Crippen LogP contribution in [0.1, 0.15) is 43.0 Å². The summed E-state index contributed by atoms with van der Waals surface area (Å²) in [4.78, 5) is 0. The summed E-state index contributed by atoms with van der Waals surface area (Å²) >= 11 is 4.92. The fourth-order valence-corrected chi connectivity index (χ4v) is 9.23. The SMILES string of the molecule is CCOC1=C2CN(SI)[C@H](c3ccccc3)CC2N(SI)[C@H](c2cccc3ccccc23)C1. The highest BCUT2D eigenvalue weighted by Gasteiger charge is 2.44. The zero-order valence-electron chi connectivity index (χ0n) is 18.4. The van der Waals surface area contributed by atoms with Gasteiger partial charge in [0.2, 0.25) is 0 Å². The number of fused-ring (bicyclic) bond motifs is 2. The van der Waals surface area contributed by atoms with Crippen molar-refractivity contribution in [2.24, 2.45) is 0 Å². The van der Waals surface area contributed by atoms with E-state index in [-0.39, 0.29) is 6.04 Å². The van der Waals surface area contributed by atoms with E-state index < -0.39 is 0 Å². The van der Waals surface area contributed by atoms with Crippen LogP contribution in [-0.2, 0) is 4.74 Å². The standard InChI is InChI=1S/C26H26I2N2OS2/c1-2-31-26-16-25(21-14-8-12-18-9-6-7-13-20(18)21)30(33-28)24-15-23(19-10-4-3-5-11-19)29(32-27)17-22(24)26/h3-14,23-25H,2,15-17H2,1H3/t23-,24?,25-/m0/s1. The minimum absolute atomic E-state index is 0.281. The van der Waals surface area contributed by atoms with Crippen molar-refractivity contribution >= 4 is 71.4 Å². The third kappa shape index (κ3) is 4.82. The number of nitrogens with zero attached hydrogens (tertiary/aromatic N) is 2. The molecule has 3 aromatic carbocycles. The molecular formula is C26H26I2N2OS2. The minimum Gasteiger partial charge on any atom is -0.498 e. The lowest BCUT2D eigenvalue weighted by Crippen LogP contribution is -2.47. The Bertz CT molecular complexity index is 1140. The lowest BCUT2D eigenvalue weighted by Gasteiger charge is -2.48. The van der Waals surface area contributed by atoms with Gasteiger partial charge in [0.1, 0.15) is 0 Å². The lowest BCUT2D eigenvalue weighted by molar-refractivity contribution is 0.129. The molecule has 33 heavy (non-hydrogen) atoms. The van der Waals surface area contributed by atoms with Gasteiger partial charge < -0.3 is 4.74 Å². The first-order valence-electron chi connectivity index (χ1n) is 11.2. The highest BCUT2D eigenvalue weighted by molar-refractivity contribution is 14.2. The van der Waals surface area contributed by atoms with Crippen LogP contribution in [0.15, 0.2) is 84.1 Å². The van der Waals surface area contributed by atoms with E-state index in [1.54, 1.807) is 0 Å². The summed E-state index contributed by atoms with van der Waals surface area (Å²) in [6.07, 6.45) is 1.97. The molecule has 2 heterocycles. The molecule has 0 amide bonds. The van der Waals surface area contributed by atoms with E-state index in [4.69, 9.17) is 4.74 Å². The zero-order chi connectivity index (χ0) is 22.8. The van der Waals surface area contributed by atoms with Crippen LogP contribution in [0.3, 0.4) is 0 Å². The van der Waals surface area contributed by atoms with Crippen LogP contribution >= 0.6 is 60.6 Å². The third-order valence-electron chi connectivity index (χ3n) is 6.73. The first-order valence-corrected chi connectivity index (χ1v) is 17.9. The third-order valence-corrected chi connectivity index (χ3v) is 10.8. The summed E-state index contributed by atoms with van der Waals surface area (Å²) in [6.45, 7) is 3.75. The van der Waals surface area contributed by atoms with Gasteiger partial charge in [0.05, 0.1) is 18.4 Å². The van der Waals surface area contributed by atoms with Crippen molar-refractivity contribution in [3.63, 3.8) is 0 Å². The summed E-state index contributed by atoms with van der Waals surface area (Å²) in [6, 6.07) is 27.5. The molecule has 0 aliphatic carbocycles. The second-order valence-corrected chi connectivity index (χ2v) is 12.0. The Balaban J connectivity index is 1.60. The molecular weight excluding hydrogens is 674 g/mol. The molecule has 1 saturated heterocycles. The molecule has 5 rings (SSSR count). The predicted octanol–water partition coefficient (Wildman–Crippen LogP) is 8.69. The Morgan fingerprint density at radius 2 is 1.64 bits per heavy atom. The monoisotopic (exact) mass is 700 g/mol. The molecule has 3 atom stereocenters. The maximum atomic E-state index is 6.35. The molecule has 0 spiro atoms. The van der Waals surface area contributed by atoms with Crippen molar-refractivity contribution in [1.82, 2.24) is 8.61 Å². The van der Waals surface area contributed by atoms with Crippen LogP contribution in [0.5, 0.6) is 0 Å². The van der Waals surface area contributed by atoms with E-state index >= 15 is 0 Å². The molecule has 172 valence electrons. The predicted molar refractivity (Wildman–Crippen MR) is 159 cm³/mol. The van der Waals surface area contributed by atoms with Crippen LogP contribution in [-0.4, -0.2) is 27.8 Å². The molecule has 0 aromatic heterocycles. The Kier molecular flexibility index (Phi) is 8.14. The second-order valence-electron chi connectivity index (χ2n) is 8.42. The maximum absolute atomic E-state index is 6.35. The molecule has 3 nitrogen and oxygen atoms in total. The fraction of sp³-hybridized carbons (Fsp3) is 0.308. The first kappa shape index (κ1) is 24.2. The van der Waals surface area contributed by atoms with Gasteiger partial charge in [-0.25, -0.2) is 8.61 Å². The van der Waals surface area contributed by atoms with Crippen molar-refractivity contribution in [2.45, 2.75) is 37.9 Å². The van der Waals surface area contributed by atoms with Gasteiger partial charge in [-0.15, -0.1) is 0 Å². The normalized spacial score (nSPS) is 24.2. The van der Waals surface area contributed by atoms with Gasteiger partial charge >= 0.3 is 0 Å². The Morgan fingerprint density at radius 1 is 0.879 bits per heavy atom. The maximum Gasteiger partial charge on any atom is 0.1000 e. The van der Waals surface area contributed by atoms with E-state index in [2.05, 4.69) is 131 Å². The highest BCUT2D eigenvalue weighted by atomic mass is 127. The van der Waals surface area contributed by atoms with Gasteiger partial charge in [0.15, 0.2) is 0 Å². The Labute approximate surface area is 229 Å². The van der Waals surface area contributed by atoms with Crippen molar-refractivity contribution in [3.8, 4) is 0 Å². The number of hydrogen-bond donors (Lipinski definition) is 0. The smallest absolute Gasteiger partial charge is 0.1000 e. The summed E-state index contributed by atoms with van der Waals surface area (Å²) in [5.74, 6) is 1.20. The highest BCUT2D eigenvalue weighted by Crippen LogP contribution is 2.52. The van der Waals surface area contributed by atoms with E-state index in [0.717, 1.165) is 19.4 Å². The first-order chi connectivity index (χ1) is 16.2. The van der Waals surface area contributed by atoms with E-state index in [0.29, 0.717) is 18.7 Å². The molecule has 0 N–H and O–H groups in total. The van der Waals surface area contributed by atoms with E-state index in [1.807, 2.05) is 18.2 Å². The zero-order valence-corrected chi connectivity index (χ0v) is 24.3. The second kappa shape index (κ2) is 11.1. The average molecular weight is 700 g/mol. The van der Waals surface area contributed by atoms with Crippen molar-refractivity contribution in [3.05, 3.63) is 95.3 Å². The number of benzene rings is 3. The van der Waals surface area contributed by atoms with Crippen LogP contribution in [0.2, 0.25) is 0 Å². The molecule has 1 unspecified atom stereocenters. The number of rotatable bonds is 6. The van der Waals surface area contributed by atoms with E-state index in [1.165, 1.54) is 33.2 Å². The quantitative estimate of drug-likeness (QED) is 0.189. The number of hydrogen-bond acceptors (Lipinski definition) is 5. The van der Waals surface area contributed by atoms with Crippen LogP contribution in [0.25, 0.3) is 10.8 Å². The molecule has 0 saturated carbocycles. The molecule has 0 radical (unpaired) electrons. The topological polar surface area (TPSA) is 15.7 Å². The van der Waals surface area contributed by atoms with Crippen LogP contribution in [0, 0.1) is 0 Å². The molecule has 3 aromatic rings. The Morgan fingerprint density at radius 3 is 2.39 bits per heavy atom. The summed E-state index contributed by atoms with van der Waals surface area (Å²) in [7, 11) is 3.67. The van der Waals surface area contributed by atoms with Gasteiger partial charge in [-0.3, -0.25) is 0 Å². The minimum atomic E-state index is 0.281. The molecule has 0 bridgehead atoms. The number of halogens is 2. The summed E-state index contributed by atoms with van der Waals surface area (Å²) < 4.78 is 11.5. The van der Waals surface area contributed by atoms with Crippen molar-refractivity contribution < 1.29 is 4.74 Å². The van der Waals surface area contributed by atoms with Crippen molar-refractivity contribution in [1.29, 1.82) is 0 Å².